The molecule has 2 aliphatic heterocycles. The predicted octanol–water partition coefficient (Wildman–Crippen LogP) is 3.03. The molecule has 2 aliphatic rings. The van der Waals surface area contributed by atoms with Crippen molar-refractivity contribution in [2.75, 3.05) is 31.7 Å². The van der Waals surface area contributed by atoms with Crippen molar-refractivity contribution in [3.63, 3.8) is 0 Å². The summed E-state index contributed by atoms with van der Waals surface area (Å²) in [5.41, 5.74) is 3.61. The third-order valence-corrected chi connectivity index (χ3v) is 5.20. The van der Waals surface area contributed by atoms with E-state index in [9.17, 15) is 9.59 Å². The van der Waals surface area contributed by atoms with Gasteiger partial charge in [-0.2, -0.15) is 0 Å². The molecule has 0 bridgehead atoms. The van der Waals surface area contributed by atoms with Gasteiger partial charge >= 0.3 is 0 Å². The Morgan fingerprint density at radius 3 is 2.64 bits per heavy atom. The molecule has 4 rings (SSSR count). The number of amides is 2. The minimum absolute atomic E-state index is 0.0436. The summed E-state index contributed by atoms with van der Waals surface area (Å²) in [6.07, 6.45) is 1.27. The van der Waals surface area contributed by atoms with Crippen LogP contribution in [0.3, 0.4) is 0 Å². The Balaban J connectivity index is 1.48. The number of anilines is 1. The molecule has 2 aromatic rings. The largest absolute Gasteiger partial charge is 0.486 e. The van der Waals surface area contributed by atoms with Gasteiger partial charge in [0.05, 0.1) is 0 Å². The monoisotopic (exact) mass is 380 g/mol. The first kappa shape index (κ1) is 18.3. The SMILES string of the molecule is CCC(=O)N1CCc2cc(C(=O)N(C)Cc3ccc4c(c3)OCCO4)ccc21. The van der Waals surface area contributed by atoms with E-state index in [2.05, 4.69) is 0 Å². The minimum Gasteiger partial charge on any atom is -0.486 e. The summed E-state index contributed by atoms with van der Waals surface area (Å²) in [4.78, 5) is 28.4. The molecule has 0 aliphatic carbocycles. The normalized spacial score (nSPS) is 14.6. The van der Waals surface area contributed by atoms with Crippen LogP contribution in [-0.4, -0.2) is 43.5 Å². The Morgan fingerprint density at radius 2 is 1.86 bits per heavy atom. The molecule has 146 valence electrons. The van der Waals surface area contributed by atoms with Crippen LogP contribution in [0.2, 0.25) is 0 Å². The van der Waals surface area contributed by atoms with E-state index in [1.807, 2.05) is 48.2 Å². The van der Waals surface area contributed by atoms with E-state index in [0.717, 1.165) is 34.7 Å². The molecule has 0 spiro atoms. The summed E-state index contributed by atoms with van der Waals surface area (Å²) in [6.45, 7) is 4.13. The molecular formula is C22H24N2O4. The predicted molar refractivity (Wildman–Crippen MR) is 106 cm³/mol. The van der Waals surface area contributed by atoms with Crippen LogP contribution in [-0.2, 0) is 17.8 Å². The molecule has 6 nitrogen and oxygen atoms in total. The van der Waals surface area contributed by atoms with Gasteiger partial charge < -0.3 is 19.3 Å². The molecule has 2 aromatic carbocycles. The molecule has 2 heterocycles. The second-order valence-electron chi connectivity index (χ2n) is 7.13. The van der Waals surface area contributed by atoms with Crippen LogP contribution in [0.4, 0.5) is 5.69 Å². The smallest absolute Gasteiger partial charge is 0.253 e. The number of carbonyl (C=O) groups excluding carboxylic acids is 2. The van der Waals surface area contributed by atoms with E-state index in [4.69, 9.17) is 9.47 Å². The molecule has 0 radical (unpaired) electrons. The van der Waals surface area contributed by atoms with Gasteiger partial charge in [0.15, 0.2) is 11.5 Å². The number of rotatable bonds is 4. The van der Waals surface area contributed by atoms with Crippen molar-refractivity contribution < 1.29 is 19.1 Å². The van der Waals surface area contributed by atoms with Crippen LogP contribution < -0.4 is 14.4 Å². The van der Waals surface area contributed by atoms with Crippen molar-refractivity contribution in [1.82, 2.24) is 4.90 Å². The summed E-state index contributed by atoms with van der Waals surface area (Å²) >= 11 is 0. The summed E-state index contributed by atoms with van der Waals surface area (Å²) in [5.74, 6) is 1.54. The summed E-state index contributed by atoms with van der Waals surface area (Å²) in [6, 6.07) is 11.4. The van der Waals surface area contributed by atoms with Gasteiger partial charge in [-0.05, 0) is 47.9 Å². The number of benzene rings is 2. The van der Waals surface area contributed by atoms with Crippen molar-refractivity contribution in [2.45, 2.75) is 26.3 Å². The first-order chi connectivity index (χ1) is 13.6. The van der Waals surface area contributed by atoms with Crippen LogP contribution in [0.25, 0.3) is 0 Å². The molecule has 0 N–H and O–H groups in total. The van der Waals surface area contributed by atoms with Crippen LogP contribution in [0.15, 0.2) is 36.4 Å². The standard InChI is InChI=1S/C22H24N2O4/c1-3-21(25)24-9-8-16-13-17(5-6-18(16)24)22(26)23(2)14-15-4-7-19-20(12-15)28-11-10-27-19/h4-7,12-13H,3,8-11,14H2,1-2H3. The Kier molecular flexibility index (Phi) is 4.94. The van der Waals surface area contributed by atoms with E-state index < -0.39 is 0 Å². The van der Waals surface area contributed by atoms with Gasteiger partial charge in [-0.15, -0.1) is 0 Å². The maximum Gasteiger partial charge on any atom is 0.253 e. The zero-order valence-corrected chi connectivity index (χ0v) is 16.2. The van der Waals surface area contributed by atoms with Crippen LogP contribution in [0.1, 0.15) is 34.8 Å². The quantitative estimate of drug-likeness (QED) is 0.818. The van der Waals surface area contributed by atoms with Gasteiger partial charge in [0.25, 0.3) is 5.91 Å². The fraction of sp³-hybridized carbons (Fsp3) is 0.364. The zero-order chi connectivity index (χ0) is 19.7. The van der Waals surface area contributed by atoms with E-state index in [-0.39, 0.29) is 11.8 Å². The molecule has 6 heteroatoms. The molecule has 0 saturated carbocycles. The van der Waals surface area contributed by atoms with Crippen molar-refractivity contribution in [3.8, 4) is 11.5 Å². The van der Waals surface area contributed by atoms with Crippen LogP contribution in [0, 0.1) is 0 Å². The summed E-state index contributed by atoms with van der Waals surface area (Å²) in [7, 11) is 1.79. The number of carbonyl (C=O) groups is 2. The average Bonchev–Trinajstić information content (AvgIpc) is 3.15. The molecule has 0 fully saturated rings. The minimum atomic E-state index is -0.0436. The van der Waals surface area contributed by atoms with E-state index in [1.165, 1.54) is 0 Å². The molecule has 0 unspecified atom stereocenters. The molecule has 2 amide bonds. The molecule has 0 atom stereocenters. The number of nitrogens with zero attached hydrogens (tertiary/aromatic N) is 2. The summed E-state index contributed by atoms with van der Waals surface area (Å²) in [5, 5.41) is 0. The highest BCUT2D eigenvalue weighted by atomic mass is 16.6. The Labute approximate surface area is 164 Å². The highest BCUT2D eigenvalue weighted by molar-refractivity contribution is 5.98. The lowest BCUT2D eigenvalue weighted by Gasteiger charge is -2.21. The van der Waals surface area contributed by atoms with E-state index >= 15 is 0 Å². The van der Waals surface area contributed by atoms with Crippen LogP contribution >= 0.6 is 0 Å². The highest BCUT2D eigenvalue weighted by Gasteiger charge is 2.25. The third-order valence-electron chi connectivity index (χ3n) is 5.20. The Hall–Kier alpha value is -3.02. The van der Waals surface area contributed by atoms with Gasteiger partial charge in [0, 0.05) is 37.8 Å². The van der Waals surface area contributed by atoms with Crippen molar-refractivity contribution in [2.24, 2.45) is 0 Å². The molecule has 28 heavy (non-hydrogen) atoms. The van der Waals surface area contributed by atoms with Gasteiger partial charge in [-0.3, -0.25) is 9.59 Å². The fourth-order valence-electron chi connectivity index (χ4n) is 3.74. The van der Waals surface area contributed by atoms with Gasteiger partial charge in [0.1, 0.15) is 13.2 Å². The molecule has 0 aromatic heterocycles. The third kappa shape index (κ3) is 3.42. The van der Waals surface area contributed by atoms with Gasteiger partial charge in [-0.25, -0.2) is 0 Å². The van der Waals surface area contributed by atoms with Crippen molar-refractivity contribution in [1.29, 1.82) is 0 Å². The highest BCUT2D eigenvalue weighted by Crippen LogP contribution is 2.32. The lowest BCUT2D eigenvalue weighted by atomic mass is 10.1. The maximum absolute atomic E-state index is 12.9. The lowest BCUT2D eigenvalue weighted by molar-refractivity contribution is -0.118. The fourth-order valence-corrected chi connectivity index (χ4v) is 3.74. The second-order valence-corrected chi connectivity index (χ2v) is 7.13. The van der Waals surface area contributed by atoms with Crippen molar-refractivity contribution >= 4 is 17.5 Å². The van der Waals surface area contributed by atoms with Gasteiger partial charge in [0.2, 0.25) is 5.91 Å². The Morgan fingerprint density at radius 1 is 1.07 bits per heavy atom. The Bertz CT molecular complexity index is 925. The number of hydrogen-bond acceptors (Lipinski definition) is 4. The van der Waals surface area contributed by atoms with Crippen LogP contribution in [0.5, 0.6) is 11.5 Å². The summed E-state index contributed by atoms with van der Waals surface area (Å²) < 4.78 is 11.2. The lowest BCUT2D eigenvalue weighted by Crippen LogP contribution is -2.28. The zero-order valence-electron chi connectivity index (χ0n) is 16.2. The molecular weight excluding hydrogens is 356 g/mol. The first-order valence-corrected chi connectivity index (χ1v) is 9.64. The van der Waals surface area contributed by atoms with Gasteiger partial charge in [-0.1, -0.05) is 13.0 Å². The maximum atomic E-state index is 12.9. The first-order valence-electron chi connectivity index (χ1n) is 9.64. The number of fused-ring (bicyclic) bond motifs is 2. The number of ether oxygens (including phenoxy) is 2. The molecule has 0 saturated heterocycles. The van der Waals surface area contributed by atoms with E-state index in [0.29, 0.717) is 38.3 Å². The topological polar surface area (TPSA) is 59.1 Å². The average molecular weight is 380 g/mol. The van der Waals surface area contributed by atoms with E-state index in [1.54, 1.807) is 11.9 Å². The number of hydrogen-bond donors (Lipinski definition) is 0. The van der Waals surface area contributed by atoms with Crippen molar-refractivity contribution in [3.05, 3.63) is 53.1 Å². The second kappa shape index (κ2) is 7.54.